The number of carboxylic acids is 1. The number of carbonyl (C=O) groups is 2. The van der Waals surface area contributed by atoms with Gasteiger partial charge in [0.05, 0.1) is 0 Å². The Morgan fingerprint density at radius 3 is 2.85 bits per heavy atom. The van der Waals surface area contributed by atoms with Crippen molar-refractivity contribution in [1.29, 1.82) is 0 Å². The molecule has 1 aromatic carbocycles. The van der Waals surface area contributed by atoms with E-state index < -0.39 is 12.0 Å². The predicted molar refractivity (Wildman–Crippen MR) is 76.9 cm³/mol. The number of amides is 1. The van der Waals surface area contributed by atoms with E-state index in [1.54, 1.807) is 0 Å². The predicted octanol–water partition coefficient (Wildman–Crippen LogP) is 2.66. The lowest BCUT2D eigenvalue weighted by Crippen LogP contribution is -2.40. The SMILES string of the molecule is Cc1ccc(CCC(=O)N2CCC[C@@H]2C(=O)O)cc1Cl. The summed E-state index contributed by atoms with van der Waals surface area (Å²) in [6, 6.07) is 5.10. The maximum atomic E-state index is 12.1. The van der Waals surface area contributed by atoms with Crippen molar-refractivity contribution in [1.82, 2.24) is 4.90 Å². The molecule has 1 aromatic rings. The minimum atomic E-state index is -0.908. The molecule has 4 nitrogen and oxygen atoms in total. The van der Waals surface area contributed by atoms with E-state index in [1.165, 1.54) is 4.90 Å². The highest BCUT2D eigenvalue weighted by atomic mass is 35.5. The van der Waals surface area contributed by atoms with Crippen LogP contribution in [-0.4, -0.2) is 34.5 Å². The fraction of sp³-hybridized carbons (Fsp3) is 0.467. The third-order valence-corrected chi connectivity index (χ3v) is 4.13. The molecule has 5 heteroatoms. The van der Waals surface area contributed by atoms with E-state index in [4.69, 9.17) is 16.7 Å². The van der Waals surface area contributed by atoms with E-state index in [-0.39, 0.29) is 5.91 Å². The zero-order valence-corrected chi connectivity index (χ0v) is 12.2. The second-order valence-electron chi connectivity index (χ2n) is 5.17. The van der Waals surface area contributed by atoms with Gasteiger partial charge in [0.15, 0.2) is 0 Å². The highest BCUT2D eigenvalue weighted by Crippen LogP contribution is 2.21. The minimum absolute atomic E-state index is 0.0911. The second kappa shape index (κ2) is 6.27. The van der Waals surface area contributed by atoms with Gasteiger partial charge < -0.3 is 10.0 Å². The molecule has 20 heavy (non-hydrogen) atoms. The summed E-state index contributed by atoms with van der Waals surface area (Å²) >= 11 is 6.05. The topological polar surface area (TPSA) is 57.6 Å². The maximum absolute atomic E-state index is 12.1. The van der Waals surface area contributed by atoms with Crippen LogP contribution in [0.25, 0.3) is 0 Å². The number of hydrogen-bond donors (Lipinski definition) is 1. The summed E-state index contributed by atoms with van der Waals surface area (Å²) in [5.41, 5.74) is 2.01. The van der Waals surface area contributed by atoms with Crippen LogP contribution in [0.3, 0.4) is 0 Å². The van der Waals surface area contributed by atoms with Crippen molar-refractivity contribution in [2.24, 2.45) is 0 Å². The number of aliphatic carboxylic acids is 1. The molecule has 1 aliphatic rings. The number of likely N-dealkylation sites (tertiary alicyclic amines) is 1. The summed E-state index contributed by atoms with van der Waals surface area (Å²) in [4.78, 5) is 24.7. The van der Waals surface area contributed by atoms with E-state index in [2.05, 4.69) is 0 Å². The average molecular weight is 296 g/mol. The Morgan fingerprint density at radius 1 is 1.45 bits per heavy atom. The molecule has 0 bridgehead atoms. The molecule has 0 aliphatic carbocycles. The van der Waals surface area contributed by atoms with E-state index in [0.29, 0.717) is 30.8 Å². The maximum Gasteiger partial charge on any atom is 0.326 e. The van der Waals surface area contributed by atoms with Gasteiger partial charge in [-0.1, -0.05) is 23.7 Å². The minimum Gasteiger partial charge on any atom is -0.480 e. The van der Waals surface area contributed by atoms with Gasteiger partial charge in [0.1, 0.15) is 6.04 Å². The van der Waals surface area contributed by atoms with Crippen molar-refractivity contribution >= 4 is 23.5 Å². The molecule has 0 saturated carbocycles. The Kier molecular flexibility index (Phi) is 4.65. The first-order chi connectivity index (χ1) is 9.49. The van der Waals surface area contributed by atoms with Gasteiger partial charge in [-0.15, -0.1) is 0 Å². The second-order valence-corrected chi connectivity index (χ2v) is 5.57. The standard InChI is InChI=1S/C15H18ClNO3/c1-10-4-5-11(9-12(10)16)6-7-14(18)17-8-2-3-13(17)15(19)20/h4-5,9,13H,2-3,6-8H2,1H3,(H,19,20)/t13-/m1/s1. The lowest BCUT2D eigenvalue weighted by atomic mass is 10.1. The number of halogens is 1. The van der Waals surface area contributed by atoms with E-state index in [0.717, 1.165) is 17.5 Å². The largest absolute Gasteiger partial charge is 0.480 e. The molecule has 1 aliphatic heterocycles. The lowest BCUT2D eigenvalue weighted by molar-refractivity contribution is -0.148. The van der Waals surface area contributed by atoms with Gasteiger partial charge in [0, 0.05) is 18.0 Å². The molecule has 0 spiro atoms. The van der Waals surface area contributed by atoms with Crippen LogP contribution in [0.5, 0.6) is 0 Å². The molecule has 1 amide bonds. The zero-order chi connectivity index (χ0) is 14.7. The molecule has 0 aromatic heterocycles. The van der Waals surface area contributed by atoms with Crippen LogP contribution in [0, 0.1) is 6.92 Å². The Bertz CT molecular complexity index is 530. The van der Waals surface area contributed by atoms with Gasteiger partial charge in [-0.05, 0) is 43.4 Å². The molecule has 0 unspecified atom stereocenters. The number of benzene rings is 1. The smallest absolute Gasteiger partial charge is 0.326 e. The number of carbonyl (C=O) groups excluding carboxylic acids is 1. The summed E-state index contributed by atoms with van der Waals surface area (Å²) in [5, 5.41) is 9.77. The molecule has 1 fully saturated rings. The van der Waals surface area contributed by atoms with E-state index in [1.807, 2.05) is 25.1 Å². The third kappa shape index (κ3) is 3.31. The monoisotopic (exact) mass is 295 g/mol. The molecule has 0 radical (unpaired) electrons. The first kappa shape index (κ1) is 14.9. The molecule has 108 valence electrons. The summed E-state index contributed by atoms with van der Waals surface area (Å²) in [5.74, 6) is -0.999. The van der Waals surface area contributed by atoms with Crippen LogP contribution in [0.1, 0.15) is 30.4 Å². The van der Waals surface area contributed by atoms with Crippen LogP contribution in [-0.2, 0) is 16.0 Å². The number of hydrogen-bond acceptors (Lipinski definition) is 2. The molecule has 1 heterocycles. The van der Waals surface area contributed by atoms with Gasteiger partial charge in [-0.25, -0.2) is 4.79 Å². The van der Waals surface area contributed by atoms with Crippen LogP contribution < -0.4 is 0 Å². The quantitative estimate of drug-likeness (QED) is 0.929. The zero-order valence-electron chi connectivity index (χ0n) is 11.4. The Morgan fingerprint density at radius 2 is 2.20 bits per heavy atom. The first-order valence-corrected chi connectivity index (χ1v) is 7.14. The van der Waals surface area contributed by atoms with Crippen molar-refractivity contribution in [2.45, 2.75) is 38.6 Å². The van der Waals surface area contributed by atoms with Crippen molar-refractivity contribution in [3.8, 4) is 0 Å². The Hall–Kier alpha value is -1.55. The van der Waals surface area contributed by atoms with Crippen LogP contribution in [0.15, 0.2) is 18.2 Å². The Balaban J connectivity index is 1.94. The highest BCUT2D eigenvalue weighted by molar-refractivity contribution is 6.31. The van der Waals surface area contributed by atoms with E-state index >= 15 is 0 Å². The third-order valence-electron chi connectivity index (χ3n) is 3.72. The highest BCUT2D eigenvalue weighted by Gasteiger charge is 2.33. The number of aryl methyl sites for hydroxylation is 2. The fourth-order valence-corrected chi connectivity index (χ4v) is 2.71. The summed E-state index contributed by atoms with van der Waals surface area (Å²) < 4.78 is 0. The molecule has 1 saturated heterocycles. The molecule has 2 rings (SSSR count). The molecule has 1 N–H and O–H groups in total. The van der Waals surface area contributed by atoms with Gasteiger partial charge in [-0.2, -0.15) is 0 Å². The van der Waals surface area contributed by atoms with E-state index in [9.17, 15) is 9.59 Å². The van der Waals surface area contributed by atoms with Crippen molar-refractivity contribution in [3.63, 3.8) is 0 Å². The first-order valence-electron chi connectivity index (χ1n) is 6.76. The number of nitrogens with zero attached hydrogens (tertiary/aromatic N) is 1. The van der Waals surface area contributed by atoms with Crippen LogP contribution in [0.4, 0.5) is 0 Å². The Labute approximate surface area is 123 Å². The average Bonchev–Trinajstić information content (AvgIpc) is 2.89. The lowest BCUT2D eigenvalue weighted by Gasteiger charge is -2.21. The van der Waals surface area contributed by atoms with Crippen molar-refractivity contribution in [2.75, 3.05) is 6.54 Å². The van der Waals surface area contributed by atoms with Crippen molar-refractivity contribution < 1.29 is 14.7 Å². The van der Waals surface area contributed by atoms with Gasteiger partial charge in [0.25, 0.3) is 0 Å². The van der Waals surface area contributed by atoms with Gasteiger partial charge >= 0.3 is 5.97 Å². The van der Waals surface area contributed by atoms with Gasteiger partial charge in [0.2, 0.25) is 5.91 Å². The summed E-state index contributed by atoms with van der Waals surface area (Å²) in [6.45, 7) is 2.48. The van der Waals surface area contributed by atoms with Crippen molar-refractivity contribution in [3.05, 3.63) is 34.3 Å². The number of rotatable bonds is 4. The summed E-state index contributed by atoms with van der Waals surface area (Å²) in [6.07, 6.45) is 2.22. The molecular weight excluding hydrogens is 278 g/mol. The van der Waals surface area contributed by atoms with Crippen LogP contribution in [0.2, 0.25) is 5.02 Å². The van der Waals surface area contributed by atoms with Gasteiger partial charge in [-0.3, -0.25) is 4.79 Å². The molecular formula is C15H18ClNO3. The number of carboxylic acid groups (broad SMARTS) is 1. The van der Waals surface area contributed by atoms with Crippen LogP contribution >= 0.6 is 11.6 Å². The fourth-order valence-electron chi connectivity index (χ4n) is 2.51. The molecule has 1 atom stereocenters. The summed E-state index contributed by atoms with van der Waals surface area (Å²) in [7, 11) is 0. The normalized spacial score (nSPS) is 18.3.